The summed E-state index contributed by atoms with van der Waals surface area (Å²) >= 11 is 14.5. The Morgan fingerprint density at radius 1 is 0.727 bits per heavy atom. The molecule has 0 aliphatic carbocycles. The first-order chi connectivity index (χ1) is 10.6. The summed E-state index contributed by atoms with van der Waals surface area (Å²) in [5, 5.41) is 19.6. The summed E-state index contributed by atoms with van der Waals surface area (Å²) in [5.74, 6) is 0. The lowest BCUT2D eigenvalue weighted by Crippen LogP contribution is -1.82. The second kappa shape index (κ2) is 8.17. The Labute approximate surface area is 147 Å². The lowest BCUT2D eigenvalue weighted by Gasteiger charge is -2.07. The number of hydrogen-bond acceptors (Lipinski definition) is 4. The Hall–Kier alpha value is -1.56. The van der Waals surface area contributed by atoms with Gasteiger partial charge in [0.2, 0.25) is 0 Å². The normalized spacial score (nSPS) is 9.64. The molecule has 0 fully saturated rings. The lowest BCUT2D eigenvalue weighted by molar-refractivity contribution is 1.45. The van der Waals surface area contributed by atoms with E-state index in [9.17, 15) is 0 Å². The maximum Gasteiger partial charge on any atom is 0.150 e. The molecule has 6 heteroatoms. The highest BCUT2D eigenvalue weighted by molar-refractivity contribution is 8.22. The highest BCUT2D eigenvalue weighted by atomic mass is 35.5. The van der Waals surface area contributed by atoms with E-state index in [4.69, 9.17) is 33.7 Å². The predicted molar refractivity (Wildman–Crippen MR) is 92.9 cm³/mol. The van der Waals surface area contributed by atoms with Crippen molar-refractivity contribution < 1.29 is 0 Å². The predicted octanol–water partition coefficient (Wildman–Crippen LogP) is 6.14. The molecule has 0 heterocycles. The molecular weight excluding hydrogens is 355 g/mol. The van der Waals surface area contributed by atoms with E-state index in [1.54, 1.807) is 24.3 Å². The summed E-state index contributed by atoms with van der Waals surface area (Å²) in [6.07, 6.45) is 0. The van der Waals surface area contributed by atoms with E-state index in [1.807, 2.05) is 36.4 Å². The van der Waals surface area contributed by atoms with Gasteiger partial charge in [-0.2, -0.15) is 10.5 Å². The molecule has 0 radical (unpaired) electrons. The second-order valence-corrected chi connectivity index (χ2v) is 7.30. The topological polar surface area (TPSA) is 47.6 Å². The van der Waals surface area contributed by atoms with Gasteiger partial charge in [0.1, 0.15) is 17.7 Å². The molecule has 108 valence electrons. The van der Waals surface area contributed by atoms with E-state index in [-0.39, 0.29) is 5.57 Å². The first-order valence-electron chi connectivity index (χ1n) is 6.03. The molecule has 2 aromatic rings. The van der Waals surface area contributed by atoms with Crippen molar-refractivity contribution in [3.05, 3.63) is 68.4 Å². The van der Waals surface area contributed by atoms with Crippen LogP contribution in [-0.2, 0) is 0 Å². The van der Waals surface area contributed by atoms with Crippen LogP contribution >= 0.6 is 46.7 Å². The highest BCUT2D eigenvalue weighted by Crippen LogP contribution is 2.41. The maximum absolute atomic E-state index is 9.14. The van der Waals surface area contributed by atoms with Crippen LogP contribution in [0, 0.1) is 22.7 Å². The van der Waals surface area contributed by atoms with Crippen molar-refractivity contribution in [2.45, 2.75) is 9.79 Å². The molecule has 0 bridgehead atoms. The van der Waals surface area contributed by atoms with Crippen LogP contribution in [0.4, 0.5) is 0 Å². The van der Waals surface area contributed by atoms with Crippen LogP contribution in [-0.4, -0.2) is 0 Å². The van der Waals surface area contributed by atoms with Crippen molar-refractivity contribution >= 4 is 46.7 Å². The number of allylic oxidation sites excluding steroid dienone is 1. The number of rotatable bonds is 4. The number of hydrogen-bond donors (Lipinski definition) is 0. The Kier molecular flexibility index (Phi) is 6.24. The van der Waals surface area contributed by atoms with Gasteiger partial charge in [-0.1, -0.05) is 46.7 Å². The number of thioether (sulfide) groups is 2. The SMILES string of the molecule is N#CC(C#N)=C(Sc1ccc(Cl)cc1)Sc1ccc(Cl)cc1. The zero-order valence-corrected chi connectivity index (χ0v) is 14.2. The highest BCUT2D eigenvalue weighted by Gasteiger charge is 2.11. The van der Waals surface area contributed by atoms with Gasteiger partial charge in [-0.3, -0.25) is 0 Å². The largest absolute Gasteiger partial charge is 0.192 e. The first-order valence-corrected chi connectivity index (χ1v) is 8.42. The molecule has 0 saturated heterocycles. The third-order valence-electron chi connectivity index (χ3n) is 2.48. The van der Waals surface area contributed by atoms with Crippen molar-refractivity contribution in [3.8, 4) is 12.1 Å². The number of nitriles is 2. The van der Waals surface area contributed by atoms with Crippen molar-refractivity contribution in [2.75, 3.05) is 0 Å². The summed E-state index contributed by atoms with van der Waals surface area (Å²) < 4.78 is 0.620. The van der Waals surface area contributed by atoms with Gasteiger partial charge >= 0.3 is 0 Å². The van der Waals surface area contributed by atoms with Crippen LogP contribution in [0.5, 0.6) is 0 Å². The van der Waals surface area contributed by atoms with Crippen LogP contribution in [0.15, 0.2) is 68.1 Å². The zero-order chi connectivity index (χ0) is 15.9. The van der Waals surface area contributed by atoms with Crippen LogP contribution in [0.1, 0.15) is 0 Å². The Bertz CT molecular complexity index is 704. The molecule has 0 unspecified atom stereocenters. The van der Waals surface area contributed by atoms with E-state index in [0.717, 1.165) is 9.79 Å². The average molecular weight is 363 g/mol. The van der Waals surface area contributed by atoms with Crippen molar-refractivity contribution in [2.24, 2.45) is 0 Å². The molecule has 0 aliphatic heterocycles. The smallest absolute Gasteiger partial charge is 0.150 e. The van der Waals surface area contributed by atoms with Crippen LogP contribution in [0.25, 0.3) is 0 Å². The third-order valence-corrected chi connectivity index (χ3v) is 5.27. The van der Waals surface area contributed by atoms with E-state index in [1.165, 1.54) is 23.5 Å². The van der Waals surface area contributed by atoms with Gasteiger partial charge in [-0.05, 0) is 48.5 Å². The van der Waals surface area contributed by atoms with Gasteiger partial charge in [0, 0.05) is 19.8 Å². The molecule has 0 spiro atoms. The molecule has 0 amide bonds. The van der Waals surface area contributed by atoms with Crippen molar-refractivity contribution in [1.82, 2.24) is 0 Å². The molecule has 2 rings (SSSR count). The van der Waals surface area contributed by atoms with Crippen LogP contribution in [0.3, 0.4) is 0 Å². The molecule has 0 aromatic heterocycles. The quantitative estimate of drug-likeness (QED) is 0.484. The second-order valence-electron chi connectivity index (χ2n) is 4.00. The minimum absolute atomic E-state index is 0.0832. The summed E-state index contributed by atoms with van der Waals surface area (Å²) in [6.45, 7) is 0. The molecule has 2 aromatic carbocycles. The minimum atomic E-state index is 0.0832. The van der Waals surface area contributed by atoms with E-state index >= 15 is 0 Å². The summed E-state index contributed by atoms with van der Waals surface area (Å²) in [5.41, 5.74) is 0.0832. The van der Waals surface area contributed by atoms with Gasteiger partial charge in [0.05, 0.1) is 4.24 Å². The number of halogens is 2. The Morgan fingerprint density at radius 3 is 1.41 bits per heavy atom. The summed E-state index contributed by atoms with van der Waals surface area (Å²) in [6, 6.07) is 18.4. The number of nitrogens with zero attached hydrogens (tertiary/aromatic N) is 2. The fourth-order valence-corrected chi connectivity index (χ4v) is 3.81. The fourth-order valence-electron chi connectivity index (χ4n) is 1.46. The lowest BCUT2D eigenvalue weighted by atomic mass is 10.4. The standard InChI is InChI=1S/C16H8Cl2N2S2/c17-12-1-5-14(6-2-12)21-16(11(9-19)10-20)22-15-7-3-13(18)4-8-15/h1-8H. The maximum atomic E-state index is 9.14. The molecule has 0 saturated carbocycles. The molecule has 0 aliphatic rings. The first kappa shape index (κ1) is 16.8. The summed E-state index contributed by atoms with van der Waals surface area (Å²) in [7, 11) is 0. The molecule has 0 atom stereocenters. The van der Waals surface area contributed by atoms with Gasteiger partial charge in [0.15, 0.2) is 0 Å². The molecule has 2 nitrogen and oxygen atoms in total. The molecule has 22 heavy (non-hydrogen) atoms. The van der Waals surface area contributed by atoms with Gasteiger partial charge < -0.3 is 0 Å². The number of benzene rings is 2. The van der Waals surface area contributed by atoms with E-state index < -0.39 is 0 Å². The molecule has 0 N–H and O–H groups in total. The zero-order valence-electron chi connectivity index (χ0n) is 11.1. The van der Waals surface area contributed by atoms with Crippen molar-refractivity contribution in [1.29, 1.82) is 10.5 Å². The fraction of sp³-hybridized carbons (Fsp3) is 0. The van der Waals surface area contributed by atoms with Crippen LogP contribution < -0.4 is 0 Å². The third kappa shape index (κ3) is 4.73. The van der Waals surface area contributed by atoms with Crippen molar-refractivity contribution in [3.63, 3.8) is 0 Å². The van der Waals surface area contributed by atoms with Gasteiger partial charge in [-0.25, -0.2) is 0 Å². The van der Waals surface area contributed by atoms with Crippen LogP contribution in [0.2, 0.25) is 10.0 Å². The Morgan fingerprint density at radius 2 is 1.09 bits per heavy atom. The molecular formula is C16H8Cl2N2S2. The Balaban J connectivity index is 2.30. The van der Waals surface area contributed by atoms with Gasteiger partial charge in [-0.15, -0.1) is 0 Å². The minimum Gasteiger partial charge on any atom is -0.192 e. The summed E-state index contributed by atoms with van der Waals surface area (Å²) in [4.78, 5) is 1.81. The average Bonchev–Trinajstić information content (AvgIpc) is 2.53. The van der Waals surface area contributed by atoms with E-state index in [2.05, 4.69) is 0 Å². The van der Waals surface area contributed by atoms with Gasteiger partial charge in [0.25, 0.3) is 0 Å². The van der Waals surface area contributed by atoms with E-state index in [0.29, 0.717) is 14.3 Å². The monoisotopic (exact) mass is 362 g/mol.